The quantitative estimate of drug-likeness (QED) is 0.460. The van der Waals surface area contributed by atoms with Gasteiger partial charge in [0.05, 0.1) is 53.2 Å². The molecule has 1 saturated heterocycles. The van der Waals surface area contributed by atoms with Gasteiger partial charge in [-0.05, 0) is 18.2 Å². The molecule has 8 nitrogen and oxygen atoms in total. The van der Waals surface area contributed by atoms with Crippen LogP contribution in [0.1, 0.15) is 5.69 Å². The van der Waals surface area contributed by atoms with Crippen LogP contribution in [-0.4, -0.2) is 61.7 Å². The predicted molar refractivity (Wildman–Crippen MR) is 121 cm³/mol. The number of carbonyl (C=O) groups excluding carboxylic acids is 1. The van der Waals surface area contributed by atoms with Crippen molar-refractivity contribution in [1.29, 1.82) is 0 Å². The number of imidazole rings is 1. The van der Waals surface area contributed by atoms with Crippen LogP contribution in [-0.2, 0) is 24.9 Å². The summed E-state index contributed by atoms with van der Waals surface area (Å²) in [6, 6.07) is 5.10. The van der Waals surface area contributed by atoms with Crippen molar-refractivity contribution in [3.63, 3.8) is 0 Å². The number of hydrogen-bond donors (Lipinski definition) is 0. The highest BCUT2D eigenvalue weighted by Crippen LogP contribution is 2.36. The Morgan fingerprint density at radius 1 is 1.33 bits per heavy atom. The van der Waals surface area contributed by atoms with E-state index in [4.69, 9.17) is 43.4 Å². The minimum absolute atomic E-state index is 0.0869. The Morgan fingerprint density at radius 3 is 2.76 bits per heavy atom. The lowest BCUT2D eigenvalue weighted by Crippen LogP contribution is -2.46. The third kappa shape index (κ3) is 4.90. The summed E-state index contributed by atoms with van der Waals surface area (Å²) in [4.78, 5) is 17.5. The van der Waals surface area contributed by atoms with Gasteiger partial charge in [-0.1, -0.05) is 23.2 Å². The van der Waals surface area contributed by atoms with Crippen LogP contribution in [0.15, 0.2) is 35.4 Å². The molecule has 0 unspecified atom stereocenters. The first-order chi connectivity index (χ1) is 15.6. The monoisotopic (exact) mass is 535 g/mol. The Bertz CT molecular complexity index is 1330. The lowest BCUT2D eigenvalue weighted by atomic mass is 10.0. The van der Waals surface area contributed by atoms with E-state index in [0.29, 0.717) is 29.5 Å². The summed E-state index contributed by atoms with van der Waals surface area (Å²) < 4.78 is 50.8. The van der Waals surface area contributed by atoms with E-state index in [1.54, 1.807) is 22.7 Å². The molecule has 3 aromatic rings. The highest BCUT2D eigenvalue weighted by molar-refractivity contribution is 8.13. The summed E-state index contributed by atoms with van der Waals surface area (Å²) in [6.07, 6.45) is 1.02. The van der Waals surface area contributed by atoms with Crippen LogP contribution < -0.4 is 0 Å². The van der Waals surface area contributed by atoms with Crippen molar-refractivity contribution >= 4 is 54.7 Å². The predicted octanol–water partition coefficient (Wildman–Crippen LogP) is 4.38. The number of benzene rings is 1. The van der Waals surface area contributed by atoms with Crippen molar-refractivity contribution in [3.8, 4) is 11.3 Å². The minimum Gasteiger partial charge on any atom is -0.453 e. The SMILES string of the molecule is COC(=O)N1CCO[C@@H](Cc2c(-c3c(F)cc(S(=O)(=O)Cl)cc3Cl)nc3cc(Cl)ccn23)C1. The lowest BCUT2D eigenvalue weighted by Gasteiger charge is -2.32. The van der Waals surface area contributed by atoms with Gasteiger partial charge in [-0.15, -0.1) is 0 Å². The van der Waals surface area contributed by atoms with Gasteiger partial charge in [-0.2, -0.15) is 0 Å². The topological polar surface area (TPSA) is 90.2 Å². The number of aromatic nitrogens is 2. The van der Waals surface area contributed by atoms with E-state index in [9.17, 15) is 13.2 Å². The Morgan fingerprint density at radius 2 is 2.09 bits per heavy atom. The van der Waals surface area contributed by atoms with E-state index in [2.05, 4.69) is 4.98 Å². The molecule has 1 atom stereocenters. The largest absolute Gasteiger partial charge is 0.453 e. The first kappa shape index (κ1) is 24.0. The van der Waals surface area contributed by atoms with Crippen LogP contribution in [0, 0.1) is 5.82 Å². The van der Waals surface area contributed by atoms with Crippen molar-refractivity contribution in [2.45, 2.75) is 17.4 Å². The number of carbonyl (C=O) groups is 1. The van der Waals surface area contributed by atoms with E-state index >= 15 is 4.39 Å². The zero-order chi connectivity index (χ0) is 23.9. The van der Waals surface area contributed by atoms with Gasteiger partial charge in [0.2, 0.25) is 0 Å². The van der Waals surface area contributed by atoms with E-state index in [1.807, 2.05) is 0 Å². The number of halogens is 4. The highest BCUT2D eigenvalue weighted by atomic mass is 35.7. The number of pyridine rings is 1. The number of fused-ring (bicyclic) bond motifs is 1. The molecular formula is C20H17Cl3FN3O5S. The normalized spacial score (nSPS) is 16.9. The highest BCUT2D eigenvalue weighted by Gasteiger charge is 2.29. The lowest BCUT2D eigenvalue weighted by molar-refractivity contribution is -0.0241. The van der Waals surface area contributed by atoms with Gasteiger partial charge in [-0.3, -0.25) is 0 Å². The number of amides is 1. The summed E-state index contributed by atoms with van der Waals surface area (Å²) >= 11 is 12.4. The summed E-state index contributed by atoms with van der Waals surface area (Å²) in [5, 5.41) is 0.247. The third-order valence-corrected chi connectivity index (χ3v) is 7.08. The van der Waals surface area contributed by atoms with E-state index < -0.39 is 32.0 Å². The number of hydrogen-bond acceptors (Lipinski definition) is 6. The zero-order valence-electron chi connectivity index (χ0n) is 17.1. The second kappa shape index (κ2) is 9.27. The van der Waals surface area contributed by atoms with Crippen molar-refractivity contribution in [3.05, 3.63) is 52.0 Å². The van der Waals surface area contributed by atoms with Crippen molar-refractivity contribution in [2.24, 2.45) is 0 Å². The molecule has 4 rings (SSSR count). The van der Waals surface area contributed by atoms with Gasteiger partial charge in [-0.25, -0.2) is 22.6 Å². The van der Waals surface area contributed by atoms with Crippen LogP contribution >= 0.6 is 33.9 Å². The number of nitrogens with zero attached hydrogens (tertiary/aromatic N) is 3. The van der Waals surface area contributed by atoms with E-state index in [0.717, 1.165) is 12.1 Å². The minimum atomic E-state index is -4.19. The van der Waals surface area contributed by atoms with E-state index in [1.165, 1.54) is 12.0 Å². The molecule has 0 radical (unpaired) electrons. The van der Waals surface area contributed by atoms with Gasteiger partial charge in [0.25, 0.3) is 9.05 Å². The van der Waals surface area contributed by atoms with Gasteiger partial charge in [0.1, 0.15) is 11.5 Å². The Kier molecular flexibility index (Phi) is 6.75. The molecule has 33 heavy (non-hydrogen) atoms. The first-order valence-electron chi connectivity index (χ1n) is 9.63. The molecule has 13 heteroatoms. The van der Waals surface area contributed by atoms with Gasteiger partial charge in [0.15, 0.2) is 0 Å². The van der Waals surface area contributed by atoms with Crippen LogP contribution in [0.25, 0.3) is 16.9 Å². The fourth-order valence-electron chi connectivity index (χ4n) is 3.74. The summed E-state index contributed by atoms with van der Waals surface area (Å²) in [7, 11) is 2.46. The number of methoxy groups -OCH3 is 1. The molecule has 0 bridgehead atoms. The standard InChI is InChI=1S/C20H17Cl3FN3O5S/c1-31-20(28)26-4-5-32-12(10-26)7-16-19(25-17-6-11(21)2-3-27(16)17)18-14(22)8-13(9-15(18)24)33(23,29)30/h2-3,6,8-9,12H,4-5,7,10H2,1H3/t12-/m0/s1. The molecular weight excluding hydrogens is 520 g/mol. The fourth-order valence-corrected chi connectivity index (χ4v) is 5.02. The molecule has 1 fully saturated rings. The first-order valence-corrected chi connectivity index (χ1v) is 12.7. The molecule has 0 saturated carbocycles. The average molecular weight is 537 g/mol. The molecule has 0 N–H and O–H groups in total. The molecule has 1 aliphatic rings. The third-order valence-electron chi connectivity index (χ3n) is 5.21. The van der Waals surface area contributed by atoms with E-state index in [-0.39, 0.29) is 29.2 Å². The Balaban J connectivity index is 1.82. The Hall–Kier alpha value is -2.11. The molecule has 1 aliphatic heterocycles. The van der Waals surface area contributed by atoms with Gasteiger partial charge < -0.3 is 18.8 Å². The molecule has 176 valence electrons. The van der Waals surface area contributed by atoms with Crippen molar-refractivity contribution in [2.75, 3.05) is 26.8 Å². The maximum atomic E-state index is 15.1. The molecule has 1 amide bonds. The van der Waals surface area contributed by atoms with Crippen LogP contribution in [0.3, 0.4) is 0 Å². The molecule has 0 spiro atoms. The smallest absolute Gasteiger partial charge is 0.409 e. The van der Waals surface area contributed by atoms with Crippen LogP contribution in [0.2, 0.25) is 10.0 Å². The number of rotatable bonds is 4. The molecule has 3 heterocycles. The van der Waals surface area contributed by atoms with Crippen LogP contribution in [0.4, 0.5) is 9.18 Å². The van der Waals surface area contributed by atoms with Gasteiger partial charge in [0, 0.05) is 40.9 Å². The average Bonchev–Trinajstić information content (AvgIpc) is 3.09. The molecule has 1 aromatic carbocycles. The van der Waals surface area contributed by atoms with Gasteiger partial charge >= 0.3 is 6.09 Å². The Labute approximate surface area is 203 Å². The maximum Gasteiger partial charge on any atom is 0.409 e. The summed E-state index contributed by atoms with van der Waals surface area (Å²) in [5.41, 5.74) is 1.08. The second-order valence-corrected chi connectivity index (χ2v) is 10.7. The zero-order valence-corrected chi connectivity index (χ0v) is 20.2. The summed E-state index contributed by atoms with van der Waals surface area (Å²) in [6.45, 7) is 0.940. The number of ether oxygens (including phenoxy) is 2. The number of morpholine rings is 1. The fraction of sp³-hybridized carbons (Fsp3) is 0.300. The second-order valence-electron chi connectivity index (χ2n) is 7.29. The van der Waals surface area contributed by atoms with Crippen molar-refractivity contribution in [1.82, 2.24) is 14.3 Å². The molecule has 0 aliphatic carbocycles. The van der Waals surface area contributed by atoms with Crippen molar-refractivity contribution < 1.29 is 27.1 Å². The molecule has 2 aromatic heterocycles. The summed E-state index contributed by atoms with van der Waals surface area (Å²) in [5.74, 6) is -0.904. The maximum absolute atomic E-state index is 15.1. The van der Waals surface area contributed by atoms with Crippen LogP contribution in [0.5, 0.6) is 0 Å².